The summed E-state index contributed by atoms with van der Waals surface area (Å²) in [6.07, 6.45) is 0.937. The molecule has 3 aromatic rings. The van der Waals surface area contributed by atoms with Crippen molar-refractivity contribution < 1.29 is 0 Å². The van der Waals surface area contributed by atoms with Gasteiger partial charge in [-0.05, 0) is 25.0 Å². The molecule has 0 unspecified atom stereocenters. The Bertz CT molecular complexity index is 853. The van der Waals surface area contributed by atoms with Gasteiger partial charge in [0.25, 0.3) is 0 Å². The van der Waals surface area contributed by atoms with Crippen molar-refractivity contribution >= 4 is 0 Å². The standard InChI is InChI=1S/C22H19N/c1-3-11-20-17(4-2)16-21(18-12-7-5-8-13-18)23-22(20)19-14-9-6-10-15-19/h5-10,12-16H,4H2,1-2H3. The fraction of sp³-hybridized carbons (Fsp3) is 0.136. The van der Waals surface area contributed by atoms with Gasteiger partial charge in [-0.3, -0.25) is 0 Å². The van der Waals surface area contributed by atoms with Gasteiger partial charge in [0.05, 0.1) is 17.0 Å². The van der Waals surface area contributed by atoms with Gasteiger partial charge in [-0.15, -0.1) is 5.92 Å². The van der Waals surface area contributed by atoms with E-state index in [1.54, 1.807) is 0 Å². The molecule has 0 fully saturated rings. The summed E-state index contributed by atoms with van der Waals surface area (Å²) >= 11 is 0. The third-order valence-electron chi connectivity index (χ3n) is 3.85. The van der Waals surface area contributed by atoms with Gasteiger partial charge in [-0.2, -0.15) is 0 Å². The zero-order chi connectivity index (χ0) is 16.1. The minimum absolute atomic E-state index is 0.937. The largest absolute Gasteiger partial charge is 0.246 e. The minimum Gasteiger partial charge on any atom is -0.246 e. The van der Waals surface area contributed by atoms with Crippen LogP contribution in [0.2, 0.25) is 0 Å². The molecule has 0 aliphatic heterocycles. The molecule has 0 aliphatic carbocycles. The lowest BCUT2D eigenvalue weighted by Gasteiger charge is -2.12. The molecule has 112 valence electrons. The molecule has 1 aromatic heterocycles. The van der Waals surface area contributed by atoms with Crippen LogP contribution in [0.15, 0.2) is 66.7 Å². The highest BCUT2D eigenvalue weighted by Gasteiger charge is 2.13. The smallest absolute Gasteiger partial charge is 0.0868 e. The summed E-state index contributed by atoms with van der Waals surface area (Å²) in [5.41, 5.74) is 6.50. The van der Waals surface area contributed by atoms with Gasteiger partial charge in [0.1, 0.15) is 0 Å². The molecule has 0 aliphatic rings. The molecule has 0 saturated carbocycles. The van der Waals surface area contributed by atoms with E-state index in [9.17, 15) is 0 Å². The zero-order valence-corrected chi connectivity index (χ0v) is 13.5. The van der Waals surface area contributed by atoms with Crippen LogP contribution in [0, 0.1) is 11.8 Å². The second kappa shape index (κ2) is 6.94. The highest BCUT2D eigenvalue weighted by molar-refractivity contribution is 5.74. The summed E-state index contributed by atoms with van der Waals surface area (Å²) in [5.74, 6) is 6.30. The summed E-state index contributed by atoms with van der Waals surface area (Å²) in [6, 6.07) is 22.8. The molecule has 2 aromatic carbocycles. The Morgan fingerprint density at radius 1 is 0.870 bits per heavy atom. The van der Waals surface area contributed by atoms with Crippen molar-refractivity contribution in [1.82, 2.24) is 4.98 Å². The molecule has 0 saturated heterocycles. The number of pyridine rings is 1. The van der Waals surface area contributed by atoms with E-state index < -0.39 is 0 Å². The van der Waals surface area contributed by atoms with Crippen molar-refractivity contribution in [1.29, 1.82) is 0 Å². The number of benzene rings is 2. The molecule has 0 spiro atoms. The third kappa shape index (κ3) is 3.17. The maximum Gasteiger partial charge on any atom is 0.0868 e. The fourth-order valence-electron chi connectivity index (χ4n) is 2.70. The number of hydrogen-bond acceptors (Lipinski definition) is 1. The highest BCUT2D eigenvalue weighted by atomic mass is 14.7. The quantitative estimate of drug-likeness (QED) is 0.594. The predicted molar refractivity (Wildman–Crippen MR) is 97.0 cm³/mol. The first-order valence-corrected chi connectivity index (χ1v) is 7.91. The molecular weight excluding hydrogens is 278 g/mol. The van der Waals surface area contributed by atoms with E-state index >= 15 is 0 Å². The molecule has 0 radical (unpaired) electrons. The van der Waals surface area contributed by atoms with Crippen LogP contribution in [0.1, 0.15) is 25.0 Å². The summed E-state index contributed by atoms with van der Waals surface area (Å²) in [6.45, 7) is 4.04. The lowest BCUT2D eigenvalue weighted by Crippen LogP contribution is -1.98. The maximum atomic E-state index is 4.94. The number of nitrogens with zero attached hydrogens (tertiary/aromatic N) is 1. The van der Waals surface area contributed by atoms with Gasteiger partial charge in [0.2, 0.25) is 0 Å². The normalized spacial score (nSPS) is 10.0. The van der Waals surface area contributed by atoms with Gasteiger partial charge in [0.15, 0.2) is 0 Å². The summed E-state index contributed by atoms with van der Waals surface area (Å²) in [5, 5.41) is 0. The predicted octanol–water partition coefficient (Wildman–Crippen LogP) is 5.35. The number of hydrogen-bond donors (Lipinski definition) is 0. The number of aromatic nitrogens is 1. The summed E-state index contributed by atoms with van der Waals surface area (Å²) < 4.78 is 0. The van der Waals surface area contributed by atoms with Crippen LogP contribution in [0.5, 0.6) is 0 Å². The molecule has 3 rings (SSSR count). The van der Waals surface area contributed by atoms with Crippen LogP contribution < -0.4 is 0 Å². The Kier molecular flexibility index (Phi) is 4.54. The van der Waals surface area contributed by atoms with E-state index in [1.165, 1.54) is 5.56 Å². The van der Waals surface area contributed by atoms with Gasteiger partial charge in [-0.1, -0.05) is 73.5 Å². The van der Waals surface area contributed by atoms with Crippen LogP contribution in [0.3, 0.4) is 0 Å². The Morgan fingerprint density at radius 3 is 2.04 bits per heavy atom. The molecule has 1 heteroatoms. The van der Waals surface area contributed by atoms with E-state index in [0.717, 1.165) is 34.5 Å². The van der Waals surface area contributed by atoms with E-state index in [1.807, 2.05) is 43.3 Å². The fourth-order valence-corrected chi connectivity index (χ4v) is 2.70. The Morgan fingerprint density at radius 2 is 1.48 bits per heavy atom. The first-order chi connectivity index (χ1) is 11.3. The van der Waals surface area contributed by atoms with Crippen molar-refractivity contribution in [2.45, 2.75) is 20.3 Å². The zero-order valence-electron chi connectivity index (χ0n) is 13.5. The second-order valence-electron chi connectivity index (χ2n) is 5.35. The first-order valence-electron chi connectivity index (χ1n) is 7.91. The van der Waals surface area contributed by atoms with Gasteiger partial charge in [-0.25, -0.2) is 4.98 Å². The second-order valence-corrected chi connectivity index (χ2v) is 5.35. The van der Waals surface area contributed by atoms with Gasteiger partial charge >= 0.3 is 0 Å². The van der Waals surface area contributed by atoms with Gasteiger partial charge in [0, 0.05) is 11.1 Å². The summed E-state index contributed by atoms with van der Waals surface area (Å²) in [7, 11) is 0. The van der Waals surface area contributed by atoms with Crippen LogP contribution >= 0.6 is 0 Å². The first kappa shape index (κ1) is 15.1. The van der Waals surface area contributed by atoms with Crippen LogP contribution in [0.25, 0.3) is 22.5 Å². The Hall–Kier alpha value is -2.85. The average Bonchev–Trinajstić information content (AvgIpc) is 2.63. The lowest BCUT2D eigenvalue weighted by atomic mass is 9.97. The topological polar surface area (TPSA) is 12.9 Å². The maximum absolute atomic E-state index is 4.94. The van der Waals surface area contributed by atoms with Crippen LogP contribution in [0.4, 0.5) is 0 Å². The molecule has 0 atom stereocenters. The Balaban J connectivity index is 2.28. The molecule has 0 N–H and O–H groups in total. The molecule has 0 bridgehead atoms. The highest BCUT2D eigenvalue weighted by Crippen LogP contribution is 2.29. The molecule has 1 nitrogen and oxygen atoms in total. The average molecular weight is 297 g/mol. The van der Waals surface area contributed by atoms with Crippen molar-refractivity contribution in [3.63, 3.8) is 0 Å². The number of aryl methyl sites for hydroxylation is 1. The van der Waals surface area contributed by atoms with Crippen molar-refractivity contribution in [2.24, 2.45) is 0 Å². The Labute approximate surface area is 138 Å². The summed E-state index contributed by atoms with van der Waals surface area (Å²) in [4.78, 5) is 4.94. The van der Waals surface area contributed by atoms with Gasteiger partial charge < -0.3 is 0 Å². The van der Waals surface area contributed by atoms with E-state index in [0.29, 0.717) is 0 Å². The molecule has 23 heavy (non-hydrogen) atoms. The SMILES string of the molecule is CC#Cc1c(CC)cc(-c2ccccc2)nc1-c1ccccc1. The van der Waals surface area contributed by atoms with E-state index in [2.05, 4.69) is 49.1 Å². The molecule has 0 amide bonds. The number of rotatable bonds is 3. The van der Waals surface area contributed by atoms with E-state index in [-0.39, 0.29) is 0 Å². The van der Waals surface area contributed by atoms with Crippen LogP contribution in [-0.4, -0.2) is 4.98 Å². The molecular formula is C22H19N. The van der Waals surface area contributed by atoms with Crippen molar-refractivity contribution in [3.8, 4) is 34.4 Å². The lowest BCUT2D eigenvalue weighted by molar-refractivity contribution is 1.11. The third-order valence-corrected chi connectivity index (χ3v) is 3.85. The monoisotopic (exact) mass is 297 g/mol. The molecule has 1 heterocycles. The van der Waals surface area contributed by atoms with Crippen molar-refractivity contribution in [2.75, 3.05) is 0 Å². The van der Waals surface area contributed by atoms with Crippen LogP contribution in [-0.2, 0) is 6.42 Å². The van der Waals surface area contributed by atoms with E-state index in [4.69, 9.17) is 4.98 Å². The van der Waals surface area contributed by atoms with Crippen molar-refractivity contribution in [3.05, 3.63) is 77.9 Å². The minimum atomic E-state index is 0.937.